The number of nitrogens with zero attached hydrogens (tertiary/aromatic N) is 1. The fourth-order valence-corrected chi connectivity index (χ4v) is 3.97. The molecular weight excluding hydrogens is 331 g/mol. The van der Waals surface area contributed by atoms with Gasteiger partial charge in [0.25, 0.3) is 0 Å². The number of carbonyl (C=O) groups is 2. The highest BCUT2D eigenvalue weighted by Gasteiger charge is 2.44. The van der Waals surface area contributed by atoms with Crippen LogP contribution in [0.15, 0.2) is 48.5 Å². The molecule has 0 bridgehead atoms. The monoisotopic (exact) mass is 352 g/mol. The van der Waals surface area contributed by atoms with Gasteiger partial charge in [0.15, 0.2) is 0 Å². The molecule has 2 heterocycles. The Morgan fingerprint density at radius 1 is 1.08 bits per heavy atom. The van der Waals surface area contributed by atoms with Gasteiger partial charge in [-0.3, -0.25) is 9.59 Å². The summed E-state index contributed by atoms with van der Waals surface area (Å²) in [5.74, 6) is -0.199. The molecule has 2 aliphatic heterocycles. The maximum atomic E-state index is 13.0. The molecule has 5 heteroatoms. The summed E-state index contributed by atoms with van der Waals surface area (Å²) in [6.07, 6.45) is 2.34. The van der Waals surface area contributed by atoms with Crippen LogP contribution in [-0.4, -0.2) is 29.8 Å². The van der Waals surface area contributed by atoms with Crippen LogP contribution in [0, 0.1) is 11.2 Å². The van der Waals surface area contributed by atoms with Crippen LogP contribution in [0.25, 0.3) is 0 Å². The fraction of sp³-hybridized carbons (Fsp3) is 0.333. The Hall–Kier alpha value is -2.69. The van der Waals surface area contributed by atoms with Crippen LogP contribution in [0.4, 0.5) is 10.1 Å². The molecule has 1 N–H and O–H groups in total. The van der Waals surface area contributed by atoms with Crippen molar-refractivity contribution in [3.05, 3.63) is 65.5 Å². The predicted molar refractivity (Wildman–Crippen MR) is 97.1 cm³/mol. The Morgan fingerprint density at radius 2 is 1.77 bits per heavy atom. The van der Waals surface area contributed by atoms with E-state index in [9.17, 15) is 14.0 Å². The number of fused-ring (bicyclic) bond motifs is 1. The first kappa shape index (κ1) is 16.8. The van der Waals surface area contributed by atoms with Gasteiger partial charge in [-0.05, 0) is 48.6 Å². The lowest BCUT2D eigenvalue weighted by Crippen LogP contribution is -2.51. The van der Waals surface area contributed by atoms with Crippen LogP contribution in [0.1, 0.15) is 24.0 Å². The second-order valence-electron chi connectivity index (χ2n) is 7.25. The first-order chi connectivity index (χ1) is 12.6. The van der Waals surface area contributed by atoms with E-state index in [1.807, 2.05) is 23.1 Å². The van der Waals surface area contributed by atoms with Crippen molar-refractivity contribution in [2.75, 3.05) is 18.4 Å². The van der Waals surface area contributed by atoms with E-state index in [-0.39, 0.29) is 24.1 Å². The Kier molecular flexibility index (Phi) is 4.23. The van der Waals surface area contributed by atoms with Gasteiger partial charge in [0.05, 0.1) is 11.8 Å². The van der Waals surface area contributed by atoms with Crippen LogP contribution >= 0.6 is 0 Å². The number of hydrogen-bond donors (Lipinski definition) is 1. The molecule has 2 aromatic carbocycles. The fourth-order valence-electron chi connectivity index (χ4n) is 3.97. The third-order valence-corrected chi connectivity index (χ3v) is 5.62. The lowest BCUT2D eigenvalue weighted by atomic mass is 9.71. The second-order valence-corrected chi connectivity index (χ2v) is 7.25. The van der Waals surface area contributed by atoms with Crippen molar-refractivity contribution in [3.63, 3.8) is 0 Å². The highest BCUT2D eigenvalue weighted by molar-refractivity contribution is 5.98. The number of para-hydroxylation sites is 1. The zero-order valence-electron chi connectivity index (χ0n) is 14.5. The van der Waals surface area contributed by atoms with Crippen LogP contribution < -0.4 is 5.32 Å². The summed E-state index contributed by atoms with van der Waals surface area (Å²) >= 11 is 0. The van der Waals surface area contributed by atoms with E-state index in [2.05, 4.69) is 11.4 Å². The number of rotatable bonds is 2. The van der Waals surface area contributed by atoms with E-state index in [0.29, 0.717) is 25.9 Å². The molecule has 0 aliphatic carbocycles. The van der Waals surface area contributed by atoms with Crippen molar-refractivity contribution < 1.29 is 14.0 Å². The third kappa shape index (κ3) is 3.09. The van der Waals surface area contributed by atoms with Gasteiger partial charge in [-0.2, -0.15) is 0 Å². The van der Waals surface area contributed by atoms with Crippen molar-refractivity contribution in [1.29, 1.82) is 0 Å². The largest absolute Gasteiger partial charge is 0.342 e. The number of piperidine rings is 1. The van der Waals surface area contributed by atoms with E-state index in [1.165, 1.54) is 12.1 Å². The van der Waals surface area contributed by atoms with Gasteiger partial charge < -0.3 is 10.2 Å². The van der Waals surface area contributed by atoms with E-state index < -0.39 is 5.41 Å². The topological polar surface area (TPSA) is 49.4 Å². The summed E-state index contributed by atoms with van der Waals surface area (Å²) in [7, 11) is 0. The molecule has 26 heavy (non-hydrogen) atoms. The summed E-state index contributed by atoms with van der Waals surface area (Å²) < 4.78 is 13.0. The molecule has 0 saturated carbocycles. The van der Waals surface area contributed by atoms with Gasteiger partial charge in [0.2, 0.25) is 11.8 Å². The van der Waals surface area contributed by atoms with Crippen LogP contribution in [0.5, 0.6) is 0 Å². The quantitative estimate of drug-likeness (QED) is 0.902. The molecule has 4 nitrogen and oxygen atoms in total. The van der Waals surface area contributed by atoms with Gasteiger partial charge in [0.1, 0.15) is 5.82 Å². The minimum atomic E-state index is -0.416. The molecule has 0 atom stereocenters. The lowest BCUT2D eigenvalue weighted by Gasteiger charge is -2.43. The molecule has 4 rings (SSSR count). The Morgan fingerprint density at radius 3 is 2.50 bits per heavy atom. The molecule has 2 aromatic rings. The number of nitrogens with one attached hydrogen (secondary N) is 1. The van der Waals surface area contributed by atoms with E-state index in [0.717, 1.165) is 23.2 Å². The average Bonchev–Trinajstić information content (AvgIpc) is 2.65. The predicted octanol–water partition coefficient (Wildman–Crippen LogP) is 3.17. The Bertz CT molecular complexity index is 839. The summed E-state index contributed by atoms with van der Waals surface area (Å²) in [4.78, 5) is 27.0. The zero-order chi connectivity index (χ0) is 18.1. The molecule has 134 valence electrons. The molecule has 2 amide bonds. The van der Waals surface area contributed by atoms with Gasteiger partial charge in [0, 0.05) is 18.8 Å². The number of hydrogen-bond acceptors (Lipinski definition) is 2. The molecule has 0 unspecified atom stereocenters. The van der Waals surface area contributed by atoms with Gasteiger partial charge in [-0.25, -0.2) is 4.39 Å². The van der Waals surface area contributed by atoms with Gasteiger partial charge in [-0.15, -0.1) is 0 Å². The van der Waals surface area contributed by atoms with Gasteiger partial charge in [-0.1, -0.05) is 30.3 Å². The van der Waals surface area contributed by atoms with Crippen LogP contribution in [0.2, 0.25) is 0 Å². The summed E-state index contributed by atoms with van der Waals surface area (Å²) in [5, 5.41) is 3.03. The SMILES string of the molecule is O=C(Cc1ccc(F)cc1)N1CCC2(CC1)Cc1ccccc1NC2=O. The highest BCUT2D eigenvalue weighted by Crippen LogP contribution is 2.41. The number of likely N-dealkylation sites (tertiary alicyclic amines) is 1. The molecule has 1 spiro atoms. The molecule has 0 aromatic heterocycles. The normalized spacial score (nSPS) is 18.3. The molecular formula is C21H21FN2O2. The summed E-state index contributed by atoms with van der Waals surface area (Å²) in [6, 6.07) is 13.9. The summed E-state index contributed by atoms with van der Waals surface area (Å²) in [5.41, 5.74) is 2.46. The Balaban J connectivity index is 1.41. The van der Waals surface area contributed by atoms with Crippen molar-refractivity contribution >= 4 is 17.5 Å². The number of amides is 2. The summed E-state index contributed by atoms with van der Waals surface area (Å²) in [6.45, 7) is 1.16. The highest BCUT2D eigenvalue weighted by atomic mass is 19.1. The molecule has 1 fully saturated rings. The van der Waals surface area contributed by atoms with E-state index in [4.69, 9.17) is 0 Å². The first-order valence-corrected chi connectivity index (χ1v) is 8.97. The number of anilines is 1. The average molecular weight is 352 g/mol. The molecule has 0 radical (unpaired) electrons. The van der Waals surface area contributed by atoms with E-state index in [1.54, 1.807) is 12.1 Å². The van der Waals surface area contributed by atoms with Gasteiger partial charge >= 0.3 is 0 Å². The smallest absolute Gasteiger partial charge is 0.231 e. The van der Waals surface area contributed by atoms with Crippen molar-refractivity contribution in [2.24, 2.45) is 5.41 Å². The number of carbonyl (C=O) groups excluding carboxylic acids is 2. The molecule has 1 saturated heterocycles. The standard InChI is InChI=1S/C21H21FN2O2/c22-17-7-5-15(6-8-17)13-19(25)24-11-9-21(10-12-24)14-16-3-1-2-4-18(16)23-20(21)26/h1-8H,9-14H2,(H,23,26). The molecule has 2 aliphatic rings. The van der Waals surface area contributed by atoms with Crippen molar-refractivity contribution in [3.8, 4) is 0 Å². The minimum absolute atomic E-state index is 0.0306. The maximum absolute atomic E-state index is 13.0. The first-order valence-electron chi connectivity index (χ1n) is 8.97. The lowest BCUT2D eigenvalue weighted by molar-refractivity contribution is -0.137. The second kappa shape index (κ2) is 6.56. The Labute approximate surface area is 152 Å². The maximum Gasteiger partial charge on any atom is 0.231 e. The third-order valence-electron chi connectivity index (χ3n) is 5.62. The number of benzene rings is 2. The minimum Gasteiger partial charge on any atom is -0.342 e. The van der Waals surface area contributed by atoms with Crippen LogP contribution in [0.3, 0.4) is 0 Å². The van der Waals surface area contributed by atoms with E-state index >= 15 is 0 Å². The van der Waals surface area contributed by atoms with Crippen molar-refractivity contribution in [2.45, 2.75) is 25.7 Å². The zero-order valence-corrected chi connectivity index (χ0v) is 14.5. The van der Waals surface area contributed by atoms with Crippen LogP contribution in [-0.2, 0) is 22.4 Å². The van der Waals surface area contributed by atoms with Crippen molar-refractivity contribution in [1.82, 2.24) is 4.90 Å². The number of halogens is 1.